The summed E-state index contributed by atoms with van der Waals surface area (Å²) >= 11 is 0. The average molecular weight is 283 g/mol. The summed E-state index contributed by atoms with van der Waals surface area (Å²) in [6.07, 6.45) is -0.315. The second-order valence-electron chi connectivity index (χ2n) is 5.09. The molecule has 0 aromatic carbocycles. The molecule has 8 nitrogen and oxygen atoms in total. The van der Waals surface area contributed by atoms with Gasteiger partial charge in [0.25, 0.3) is 0 Å². The van der Waals surface area contributed by atoms with Gasteiger partial charge in [0, 0.05) is 12.0 Å². The molecule has 0 saturated heterocycles. The van der Waals surface area contributed by atoms with Gasteiger partial charge in [0.1, 0.15) is 0 Å². The molecule has 0 aliphatic heterocycles. The molecule has 1 rings (SSSR count). The zero-order valence-corrected chi connectivity index (χ0v) is 11.7. The molecule has 0 unspecified atom stereocenters. The molecule has 20 heavy (non-hydrogen) atoms. The number of aromatic nitrogens is 1. The van der Waals surface area contributed by atoms with Crippen LogP contribution in [0.25, 0.3) is 0 Å². The Morgan fingerprint density at radius 1 is 1.30 bits per heavy atom. The number of aryl methyl sites for hydroxylation is 1. The van der Waals surface area contributed by atoms with Gasteiger partial charge in [-0.15, -0.1) is 0 Å². The van der Waals surface area contributed by atoms with Crippen molar-refractivity contribution in [3.8, 4) is 0 Å². The molecule has 3 N–H and O–H groups in total. The highest BCUT2D eigenvalue weighted by Crippen LogP contribution is 2.20. The Hall–Kier alpha value is -2.38. The largest absolute Gasteiger partial charge is 0.481 e. The maximum Gasteiger partial charge on any atom is 0.328 e. The average Bonchev–Trinajstić information content (AvgIpc) is 2.59. The van der Waals surface area contributed by atoms with Crippen LogP contribution in [0.15, 0.2) is 4.52 Å². The van der Waals surface area contributed by atoms with Gasteiger partial charge in [-0.2, -0.15) is 0 Å². The number of imide groups is 1. The number of carboxylic acids is 1. The second-order valence-corrected chi connectivity index (χ2v) is 5.09. The summed E-state index contributed by atoms with van der Waals surface area (Å²) in [5, 5.41) is 16.9. The molecule has 0 atom stereocenters. The van der Waals surface area contributed by atoms with Crippen molar-refractivity contribution in [3.05, 3.63) is 11.3 Å². The molecule has 8 heteroatoms. The van der Waals surface area contributed by atoms with E-state index in [2.05, 4.69) is 10.5 Å². The van der Waals surface area contributed by atoms with Crippen molar-refractivity contribution < 1.29 is 24.0 Å². The molecule has 0 fully saturated rings. The van der Waals surface area contributed by atoms with Crippen molar-refractivity contribution in [3.63, 3.8) is 0 Å². The number of urea groups is 1. The normalized spacial score (nSPS) is 11.0. The number of hydrogen-bond donors (Lipinski definition) is 3. The number of anilines is 1. The molecule has 0 aliphatic carbocycles. The number of aliphatic carboxylic acids is 1. The molecule has 1 aromatic rings. The fourth-order valence-corrected chi connectivity index (χ4v) is 1.31. The molecule has 0 radical (unpaired) electrons. The summed E-state index contributed by atoms with van der Waals surface area (Å²) in [6.45, 7) is 6.22. The monoisotopic (exact) mass is 283 g/mol. The maximum absolute atomic E-state index is 11.6. The van der Waals surface area contributed by atoms with E-state index in [0.717, 1.165) is 0 Å². The Balaban J connectivity index is 2.57. The lowest BCUT2D eigenvalue weighted by Crippen LogP contribution is -2.38. The number of rotatable bonds is 4. The summed E-state index contributed by atoms with van der Waals surface area (Å²) in [5.41, 5.74) is 0.0282. The fourth-order valence-electron chi connectivity index (χ4n) is 1.31. The van der Waals surface area contributed by atoms with Crippen LogP contribution in [0.1, 0.15) is 31.5 Å². The van der Waals surface area contributed by atoms with Gasteiger partial charge in [0.2, 0.25) is 11.8 Å². The van der Waals surface area contributed by atoms with Crippen molar-refractivity contribution in [2.45, 2.75) is 34.1 Å². The third-order valence-corrected chi connectivity index (χ3v) is 2.82. The molecular weight excluding hydrogens is 266 g/mol. The zero-order valence-electron chi connectivity index (χ0n) is 11.7. The Kier molecular flexibility index (Phi) is 4.49. The van der Waals surface area contributed by atoms with Crippen molar-refractivity contribution in [2.75, 3.05) is 5.32 Å². The Labute approximate surface area is 115 Å². The van der Waals surface area contributed by atoms with Gasteiger partial charge in [-0.05, 0) is 27.7 Å². The van der Waals surface area contributed by atoms with Crippen molar-refractivity contribution in [1.29, 1.82) is 0 Å². The van der Waals surface area contributed by atoms with Crippen molar-refractivity contribution >= 4 is 23.8 Å². The first-order valence-electron chi connectivity index (χ1n) is 5.90. The van der Waals surface area contributed by atoms with Crippen molar-refractivity contribution in [1.82, 2.24) is 10.5 Å². The number of nitrogens with zero attached hydrogens (tertiary/aromatic N) is 1. The van der Waals surface area contributed by atoms with E-state index < -0.39 is 23.3 Å². The van der Waals surface area contributed by atoms with E-state index in [4.69, 9.17) is 9.63 Å². The molecular formula is C12H17N3O5. The summed E-state index contributed by atoms with van der Waals surface area (Å²) in [5.74, 6) is -1.66. The van der Waals surface area contributed by atoms with Crippen LogP contribution in [0.4, 0.5) is 10.7 Å². The Bertz CT molecular complexity index is 547. The summed E-state index contributed by atoms with van der Waals surface area (Å²) in [7, 11) is 0. The minimum Gasteiger partial charge on any atom is -0.481 e. The van der Waals surface area contributed by atoms with E-state index in [1.165, 1.54) is 13.8 Å². The van der Waals surface area contributed by atoms with Crippen LogP contribution in [-0.2, 0) is 9.59 Å². The van der Waals surface area contributed by atoms with Gasteiger partial charge in [-0.1, -0.05) is 5.16 Å². The number of carboxylic acid groups (broad SMARTS) is 1. The standard InChI is InChI=1S/C12H17N3O5/c1-6-7(2)15-20-9(6)14-11(19)13-8(16)5-12(3,4)10(17)18/h5H2,1-4H3,(H,17,18)(H2,13,14,16,19). The van der Waals surface area contributed by atoms with E-state index in [1.54, 1.807) is 13.8 Å². The highest BCUT2D eigenvalue weighted by atomic mass is 16.5. The first-order chi connectivity index (χ1) is 9.13. The van der Waals surface area contributed by atoms with E-state index in [-0.39, 0.29) is 12.3 Å². The molecule has 1 heterocycles. The predicted octanol–water partition coefficient (Wildman–Crippen LogP) is 1.44. The van der Waals surface area contributed by atoms with Gasteiger partial charge >= 0.3 is 12.0 Å². The second kappa shape index (κ2) is 5.72. The van der Waals surface area contributed by atoms with Crippen LogP contribution >= 0.6 is 0 Å². The highest BCUT2D eigenvalue weighted by Gasteiger charge is 2.30. The summed E-state index contributed by atoms with van der Waals surface area (Å²) in [6, 6.07) is -0.796. The number of hydrogen-bond acceptors (Lipinski definition) is 5. The SMILES string of the molecule is Cc1noc(NC(=O)NC(=O)CC(C)(C)C(=O)O)c1C. The quantitative estimate of drug-likeness (QED) is 0.768. The van der Waals surface area contributed by atoms with Gasteiger partial charge in [-0.25, -0.2) is 4.79 Å². The Morgan fingerprint density at radius 3 is 2.35 bits per heavy atom. The lowest BCUT2D eigenvalue weighted by Gasteiger charge is -2.17. The van der Waals surface area contributed by atoms with Crippen LogP contribution < -0.4 is 10.6 Å². The lowest BCUT2D eigenvalue weighted by molar-refractivity contribution is -0.149. The van der Waals surface area contributed by atoms with E-state index >= 15 is 0 Å². The van der Waals surface area contributed by atoms with E-state index in [0.29, 0.717) is 11.3 Å². The molecule has 110 valence electrons. The van der Waals surface area contributed by atoms with Crippen LogP contribution in [0.3, 0.4) is 0 Å². The van der Waals surface area contributed by atoms with E-state index in [9.17, 15) is 14.4 Å². The first kappa shape index (κ1) is 15.7. The maximum atomic E-state index is 11.6. The molecule has 0 bridgehead atoms. The molecule has 0 aliphatic rings. The lowest BCUT2D eigenvalue weighted by atomic mass is 9.89. The van der Waals surface area contributed by atoms with Crippen molar-refractivity contribution in [2.24, 2.45) is 5.41 Å². The molecule has 0 spiro atoms. The van der Waals surface area contributed by atoms with Gasteiger partial charge < -0.3 is 9.63 Å². The summed E-state index contributed by atoms with van der Waals surface area (Å²) < 4.78 is 4.86. The Morgan fingerprint density at radius 2 is 1.90 bits per heavy atom. The third kappa shape index (κ3) is 3.81. The molecule has 3 amide bonds. The van der Waals surface area contributed by atoms with Crippen LogP contribution in [-0.4, -0.2) is 28.2 Å². The minimum absolute atomic E-state index is 0.144. The number of amides is 3. The number of nitrogens with one attached hydrogen (secondary N) is 2. The van der Waals surface area contributed by atoms with Gasteiger partial charge in [-0.3, -0.25) is 20.2 Å². The van der Waals surface area contributed by atoms with Gasteiger partial charge in [0.15, 0.2) is 0 Å². The minimum atomic E-state index is -1.25. The number of carbonyl (C=O) groups is 3. The van der Waals surface area contributed by atoms with Gasteiger partial charge in [0.05, 0.1) is 11.1 Å². The van der Waals surface area contributed by atoms with E-state index in [1.807, 2.05) is 5.32 Å². The van der Waals surface area contributed by atoms with Crippen LogP contribution in [0.5, 0.6) is 0 Å². The fraction of sp³-hybridized carbons (Fsp3) is 0.500. The summed E-state index contributed by atoms with van der Waals surface area (Å²) in [4.78, 5) is 34.0. The first-order valence-corrected chi connectivity index (χ1v) is 5.90. The van der Waals surface area contributed by atoms with Crippen LogP contribution in [0, 0.1) is 19.3 Å². The highest BCUT2D eigenvalue weighted by molar-refractivity contribution is 6.01. The topological polar surface area (TPSA) is 122 Å². The van der Waals surface area contributed by atoms with Crippen LogP contribution in [0.2, 0.25) is 0 Å². The molecule has 0 saturated carbocycles. The smallest absolute Gasteiger partial charge is 0.328 e. The predicted molar refractivity (Wildman–Crippen MR) is 69.2 cm³/mol. The zero-order chi connectivity index (χ0) is 15.5. The molecule has 1 aromatic heterocycles. The number of carbonyl (C=O) groups excluding carboxylic acids is 2. The third-order valence-electron chi connectivity index (χ3n) is 2.82.